The standard InChI is InChI=1S/C18H21N5O4.C2HF3O2/c1-23-13-8-11(10-22-18-20-6-7-21-18)2-3-12(13)15(24)9-14(23)17(27)19-5-4-16(25)26;3-2(4,5)1(6)7/h2-3,6-8,14H,4-5,9-10H2,1H3,(H,19,27)(H,25,26)(H2,20,21,22);(H,6,7)/t14-;/m0./s1. The molecule has 1 amide bonds. The molecular weight excluding hydrogens is 463 g/mol. The van der Waals surface area contributed by atoms with Gasteiger partial charge in [-0.05, 0) is 17.7 Å². The Kier molecular flexibility index (Phi) is 8.58. The minimum atomic E-state index is -5.08. The average molecular weight is 485 g/mol. The fourth-order valence-electron chi connectivity index (χ4n) is 3.03. The lowest BCUT2D eigenvalue weighted by Gasteiger charge is -2.34. The number of anilines is 2. The van der Waals surface area contributed by atoms with E-state index in [1.807, 2.05) is 12.1 Å². The number of ketones is 1. The van der Waals surface area contributed by atoms with Crippen LogP contribution in [0.15, 0.2) is 30.6 Å². The summed E-state index contributed by atoms with van der Waals surface area (Å²) in [5.74, 6) is -3.55. The van der Waals surface area contributed by atoms with Crippen LogP contribution in [0.5, 0.6) is 0 Å². The lowest BCUT2D eigenvalue weighted by atomic mass is 9.93. The molecule has 1 atom stereocenters. The van der Waals surface area contributed by atoms with Crippen molar-refractivity contribution in [3.8, 4) is 0 Å². The Balaban J connectivity index is 0.000000509. The molecule has 0 fully saturated rings. The van der Waals surface area contributed by atoms with Crippen molar-refractivity contribution >= 4 is 35.3 Å². The number of benzene rings is 1. The highest BCUT2D eigenvalue weighted by Gasteiger charge is 2.38. The van der Waals surface area contributed by atoms with Crippen LogP contribution in [0.25, 0.3) is 0 Å². The molecule has 5 N–H and O–H groups in total. The van der Waals surface area contributed by atoms with Crippen LogP contribution in [0.4, 0.5) is 24.8 Å². The van der Waals surface area contributed by atoms with Crippen LogP contribution in [-0.4, -0.2) is 69.6 Å². The number of alkyl halides is 3. The number of hydrogen-bond donors (Lipinski definition) is 5. The van der Waals surface area contributed by atoms with E-state index in [2.05, 4.69) is 20.6 Å². The molecule has 0 saturated carbocycles. The van der Waals surface area contributed by atoms with E-state index in [-0.39, 0.29) is 31.1 Å². The number of nitrogens with zero attached hydrogens (tertiary/aromatic N) is 2. The number of carbonyl (C=O) groups is 4. The summed E-state index contributed by atoms with van der Waals surface area (Å²) in [5.41, 5.74) is 2.20. The van der Waals surface area contributed by atoms with Crippen LogP contribution in [0, 0.1) is 0 Å². The van der Waals surface area contributed by atoms with E-state index in [1.165, 1.54) is 0 Å². The van der Waals surface area contributed by atoms with E-state index in [1.54, 1.807) is 30.4 Å². The fourth-order valence-corrected chi connectivity index (χ4v) is 3.03. The van der Waals surface area contributed by atoms with Crippen LogP contribution in [0.3, 0.4) is 0 Å². The molecule has 0 bridgehead atoms. The molecule has 0 spiro atoms. The van der Waals surface area contributed by atoms with E-state index in [0.29, 0.717) is 23.7 Å². The first-order chi connectivity index (χ1) is 15.9. The molecule has 1 aliphatic rings. The van der Waals surface area contributed by atoms with Gasteiger partial charge < -0.3 is 30.7 Å². The van der Waals surface area contributed by atoms with Crippen molar-refractivity contribution in [3.05, 3.63) is 41.7 Å². The molecule has 184 valence electrons. The molecule has 34 heavy (non-hydrogen) atoms. The highest BCUT2D eigenvalue weighted by molar-refractivity contribution is 6.07. The SMILES string of the molecule is CN1c2cc(CNc3ncc[nH]3)ccc2C(=O)C[C@H]1C(=O)NCCC(=O)O.O=C(O)C(F)(F)F. The predicted octanol–water partition coefficient (Wildman–Crippen LogP) is 1.64. The lowest BCUT2D eigenvalue weighted by molar-refractivity contribution is -0.192. The second-order valence-corrected chi connectivity index (χ2v) is 7.13. The summed E-state index contributed by atoms with van der Waals surface area (Å²) in [4.78, 5) is 53.1. The third-order valence-corrected chi connectivity index (χ3v) is 4.73. The smallest absolute Gasteiger partial charge is 0.481 e. The maximum absolute atomic E-state index is 12.5. The number of aliphatic carboxylic acids is 2. The maximum Gasteiger partial charge on any atom is 0.490 e. The molecule has 0 aliphatic carbocycles. The van der Waals surface area contributed by atoms with E-state index in [9.17, 15) is 27.6 Å². The Morgan fingerprint density at radius 1 is 1.26 bits per heavy atom. The molecular formula is C20H22F3N5O6. The second kappa shape index (κ2) is 11.2. The molecule has 1 aromatic heterocycles. The Bertz CT molecular complexity index is 1040. The minimum absolute atomic E-state index is 0.0344. The number of imidazole rings is 1. The Morgan fingerprint density at radius 3 is 2.50 bits per heavy atom. The Labute approximate surface area is 191 Å². The maximum atomic E-state index is 12.5. The zero-order valence-electron chi connectivity index (χ0n) is 17.8. The quantitative estimate of drug-likeness (QED) is 0.392. The monoisotopic (exact) mass is 485 g/mol. The first kappa shape index (κ1) is 26.2. The number of carboxylic acids is 2. The van der Waals surface area contributed by atoms with Crippen LogP contribution in [0.2, 0.25) is 0 Å². The summed E-state index contributed by atoms with van der Waals surface area (Å²) in [7, 11) is 1.76. The summed E-state index contributed by atoms with van der Waals surface area (Å²) in [5, 5.41) is 21.5. The zero-order chi connectivity index (χ0) is 25.5. The number of Topliss-reactive ketones (excluding diaryl/α,β-unsaturated/α-hetero) is 1. The number of carbonyl (C=O) groups excluding carboxylic acids is 2. The third kappa shape index (κ3) is 7.21. The normalized spacial score (nSPS) is 15.0. The Hall–Kier alpha value is -4.10. The average Bonchev–Trinajstić information content (AvgIpc) is 3.28. The number of fused-ring (bicyclic) bond motifs is 1. The van der Waals surface area contributed by atoms with Gasteiger partial charge in [-0.1, -0.05) is 6.07 Å². The third-order valence-electron chi connectivity index (χ3n) is 4.73. The number of aromatic amines is 1. The number of amides is 1. The van der Waals surface area contributed by atoms with E-state index in [4.69, 9.17) is 15.0 Å². The van der Waals surface area contributed by atoms with E-state index >= 15 is 0 Å². The summed E-state index contributed by atoms with van der Waals surface area (Å²) in [6, 6.07) is 4.85. The lowest BCUT2D eigenvalue weighted by Crippen LogP contribution is -2.49. The van der Waals surface area contributed by atoms with Crippen molar-refractivity contribution in [2.75, 3.05) is 23.8 Å². The summed E-state index contributed by atoms with van der Waals surface area (Å²) in [6.07, 6.45) is -1.81. The van der Waals surface area contributed by atoms with Crippen molar-refractivity contribution in [1.82, 2.24) is 15.3 Å². The first-order valence-corrected chi connectivity index (χ1v) is 9.82. The minimum Gasteiger partial charge on any atom is -0.481 e. The number of carboxylic acid groups (broad SMARTS) is 2. The van der Waals surface area contributed by atoms with Crippen molar-refractivity contribution < 1.29 is 42.6 Å². The number of likely N-dealkylation sites (N-methyl/N-ethyl adjacent to an activating group) is 1. The zero-order valence-corrected chi connectivity index (χ0v) is 17.8. The van der Waals surface area contributed by atoms with Gasteiger partial charge >= 0.3 is 18.1 Å². The molecule has 11 nitrogen and oxygen atoms in total. The molecule has 0 unspecified atom stereocenters. The van der Waals surface area contributed by atoms with Crippen LogP contribution < -0.4 is 15.5 Å². The number of H-pyrrole nitrogens is 1. The second-order valence-electron chi connectivity index (χ2n) is 7.13. The van der Waals surface area contributed by atoms with Gasteiger partial charge in [-0.2, -0.15) is 13.2 Å². The van der Waals surface area contributed by atoms with Crippen LogP contribution >= 0.6 is 0 Å². The molecule has 2 aromatic rings. The molecule has 0 saturated heterocycles. The van der Waals surface area contributed by atoms with Gasteiger partial charge in [0, 0.05) is 50.2 Å². The van der Waals surface area contributed by atoms with Gasteiger partial charge in [0.25, 0.3) is 0 Å². The fraction of sp³-hybridized carbons (Fsp3) is 0.350. The number of nitrogens with one attached hydrogen (secondary N) is 3. The summed E-state index contributed by atoms with van der Waals surface area (Å²) < 4.78 is 31.7. The van der Waals surface area contributed by atoms with Gasteiger partial charge in [-0.15, -0.1) is 0 Å². The molecule has 14 heteroatoms. The van der Waals surface area contributed by atoms with Gasteiger partial charge in [0.1, 0.15) is 6.04 Å². The van der Waals surface area contributed by atoms with Crippen molar-refractivity contribution in [3.63, 3.8) is 0 Å². The molecule has 0 radical (unpaired) electrons. The van der Waals surface area contributed by atoms with Crippen LogP contribution in [0.1, 0.15) is 28.8 Å². The number of hydrogen-bond acceptors (Lipinski definition) is 7. The molecule has 2 heterocycles. The molecule has 3 rings (SSSR count). The van der Waals surface area contributed by atoms with Crippen LogP contribution in [-0.2, 0) is 20.9 Å². The van der Waals surface area contributed by atoms with Crippen molar-refractivity contribution in [1.29, 1.82) is 0 Å². The van der Waals surface area contributed by atoms with Gasteiger partial charge in [-0.3, -0.25) is 14.4 Å². The number of halogens is 3. The Morgan fingerprint density at radius 2 is 1.94 bits per heavy atom. The van der Waals surface area contributed by atoms with Crippen molar-refractivity contribution in [2.45, 2.75) is 31.6 Å². The molecule has 1 aromatic carbocycles. The molecule has 1 aliphatic heterocycles. The topological polar surface area (TPSA) is 165 Å². The largest absolute Gasteiger partial charge is 0.490 e. The summed E-state index contributed by atoms with van der Waals surface area (Å²) in [6.45, 7) is 0.547. The van der Waals surface area contributed by atoms with Gasteiger partial charge in [0.2, 0.25) is 5.91 Å². The van der Waals surface area contributed by atoms with Crippen molar-refractivity contribution in [2.24, 2.45) is 0 Å². The highest BCUT2D eigenvalue weighted by atomic mass is 19.4. The van der Waals surface area contributed by atoms with Gasteiger partial charge in [0.05, 0.1) is 6.42 Å². The number of rotatable bonds is 7. The van der Waals surface area contributed by atoms with E-state index in [0.717, 1.165) is 5.56 Å². The highest BCUT2D eigenvalue weighted by Crippen LogP contribution is 2.31. The predicted molar refractivity (Wildman–Crippen MR) is 112 cm³/mol. The first-order valence-electron chi connectivity index (χ1n) is 9.82. The van der Waals surface area contributed by atoms with Gasteiger partial charge in [0.15, 0.2) is 11.7 Å². The van der Waals surface area contributed by atoms with E-state index < -0.39 is 24.2 Å². The summed E-state index contributed by atoms with van der Waals surface area (Å²) >= 11 is 0. The number of aromatic nitrogens is 2. The van der Waals surface area contributed by atoms with Gasteiger partial charge in [-0.25, -0.2) is 9.78 Å².